The predicted octanol–water partition coefficient (Wildman–Crippen LogP) is 6.03. The molecule has 0 aliphatic rings. The van der Waals surface area contributed by atoms with E-state index in [0.717, 1.165) is 30.0 Å². The first-order valence-electron chi connectivity index (χ1n) is 9.47. The third-order valence-electron chi connectivity index (χ3n) is 5.10. The van der Waals surface area contributed by atoms with Crippen molar-refractivity contribution in [2.75, 3.05) is 0 Å². The highest BCUT2D eigenvalue weighted by molar-refractivity contribution is 5.82. The van der Waals surface area contributed by atoms with Gasteiger partial charge in [-0.15, -0.1) is 0 Å². The minimum atomic E-state index is 0.973. The van der Waals surface area contributed by atoms with Crippen LogP contribution in [-0.2, 0) is 6.54 Å². The van der Waals surface area contributed by atoms with E-state index >= 15 is 0 Å². The Morgan fingerprint density at radius 2 is 1.33 bits per heavy atom. The molecule has 0 atom stereocenters. The van der Waals surface area contributed by atoms with Gasteiger partial charge in [-0.1, -0.05) is 73.7 Å². The summed E-state index contributed by atoms with van der Waals surface area (Å²) in [5.74, 6) is 1.01. The monoisotopic (exact) mass is 351 g/mol. The lowest BCUT2D eigenvalue weighted by Crippen LogP contribution is -1.97. The lowest BCUT2D eigenvalue weighted by atomic mass is 10.0. The fraction of sp³-hybridized carbons (Fsp3) is 0.125. The van der Waals surface area contributed by atoms with E-state index in [1.807, 2.05) is 6.07 Å². The van der Waals surface area contributed by atoms with E-state index in [1.165, 1.54) is 22.2 Å². The average molecular weight is 351 g/mol. The molecule has 0 bridgehead atoms. The first-order chi connectivity index (χ1) is 13.3. The lowest BCUT2D eigenvalue weighted by Gasteiger charge is -2.04. The molecule has 0 radical (unpaired) electrons. The van der Waals surface area contributed by atoms with Crippen LogP contribution in [0.1, 0.15) is 13.3 Å². The Morgan fingerprint density at radius 1 is 0.704 bits per heavy atom. The number of hydrogen-bond donors (Lipinski definition) is 0. The van der Waals surface area contributed by atoms with Crippen LogP contribution in [0.25, 0.3) is 39.2 Å². The quantitative estimate of drug-likeness (QED) is 0.387. The highest BCUT2D eigenvalue weighted by Gasteiger charge is 2.14. The average Bonchev–Trinajstić information content (AvgIpc) is 3.28. The lowest BCUT2D eigenvalue weighted by molar-refractivity contribution is 0.712. The van der Waals surface area contributed by atoms with Crippen molar-refractivity contribution in [1.82, 2.24) is 14.0 Å². The van der Waals surface area contributed by atoms with Crippen molar-refractivity contribution in [2.45, 2.75) is 19.9 Å². The molecule has 0 aliphatic carbocycles. The number of benzene rings is 3. The Labute approximate surface area is 158 Å². The summed E-state index contributed by atoms with van der Waals surface area (Å²) in [6.45, 7) is 3.18. The maximum Gasteiger partial charge on any atom is 0.215 e. The Morgan fingerprint density at radius 3 is 2.07 bits per heavy atom. The molecule has 3 heteroatoms. The van der Waals surface area contributed by atoms with Gasteiger partial charge in [0.2, 0.25) is 5.78 Å². The molecule has 5 aromatic rings. The molecule has 3 aromatic carbocycles. The third kappa shape index (κ3) is 2.63. The summed E-state index contributed by atoms with van der Waals surface area (Å²) in [5.41, 5.74) is 7.07. The van der Waals surface area contributed by atoms with Crippen molar-refractivity contribution in [3.8, 4) is 22.4 Å². The topological polar surface area (TPSA) is 22.2 Å². The zero-order valence-electron chi connectivity index (χ0n) is 15.3. The molecule has 2 aromatic heterocycles. The van der Waals surface area contributed by atoms with Gasteiger partial charge in [0.15, 0.2) is 0 Å². The number of hydrogen-bond acceptors (Lipinski definition) is 1. The molecule has 0 saturated heterocycles. The van der Waals surface area contributed by atoms with Gasteiger partial charge < -0.3 is 4.57 Å². The molecular weight excluding hydrogens is 330 g/mol. The van der Waals surface area contributed by atoms with Crippen molar-refractivity contribution in [3.63, 3.8) is 0 Å². The zero-order chi connectivity index (χ0) is 18.2. The summed E-state index contributed by atoms with van der Waals surface area (Å²) in [7, 11) is 0. The standard InChI is InChI=1S/C24H21N3/c1-2-16-26-22-10-6-7-11-23(22)27-17-21(25-24(26)27)20-14-12-19(13-15-20)18-8-4-3-5-9-18/h3-15,17H,2,16H2,1H3. The molecule has 27 heavy (non-hydrogen) atoms. The second-order valence-electron chi connectivity index (χ2n) is 6.88. The Balaban J connectivity index is 1.60. The minimum Gasteiger partial charge on any atom is -0.310 e. The molecule has 0 spiro atoms. The van der Waals surface area contributed by atoms with Crippen molar-refractivity contribution in [1.29, 1.82) is 0 Å². The van der Waals surface area contributed by atoms with Crippen molar-refractivity contribution >= 4 is 16.8 Å². The molecule has 0 aliphatic heterocycles. The Bertz CT molecular complexity index is 1210. The fourth-order valence-corrected chi connectivity index (χ4v) is 3.79. The van der Waals surface area contributed by atoms with Gasteiger partial charge in [0.1, 0.15) is 0 Å². The van der Waals surface area contributed by atoms with E-state index in [0.29, 0.717) is 0 Å². The Hall–Kier alpha value is -3.33. The largest absolute Gasteiger partial charge is 0.310 e. The summed E-state index contributed by atoms with van der Waals surface area (Å²) in [6, 6.07) is 27.7. The molecule has 3 nitrogen and oxygen atoms in total. The van der Waals surface area contributed by atoms with Crippen LogP contribution in [0.5, 0.6) is 0 Å². The van der Waals surface area contributed by atoms with Gasteiger partial charge in [0.25, 0.3) is 0 Å². The summed E-state index contributed by atoms with van der Waals surface area (Å²) in [4.78, 5) is 4.97. The number of imidazole rings is 2. The van der Waals surface area contributed by atoms with E-state index in [4.69, 9.17) is 4.98 Å². The first-order valence-corrected chi connectivity index (χ1v) is 9.47. The predicted molar refractivity (Wildman–Crippen MR) is 112 cm³/mol. The smallest absolute Gasteiger partial charge is 0.215 e. The van der Waals surface area contributed by atoms with E-state index in [1.54, 1.807) is 0 Å². The molecule has 132 valence electrons. The van der Waals surface area contributed by atoms with Crippen LogP contribution in [0.3, 0.4) is 0 Å². The van der Waals surface area contributed by atoms with Crippen LogP contribution in [0, 0.1) is 0 Å². The highest BCUT2D eigenvalue weighted by atomic mass is 15.2. The van der Waals surface area contributed by atoms with Crippen LogP contribution in [0.2, 0.25) is 0 Å². The molecular formula is C24H21N3. The summed E-state index contributed by atoms with van der Waals surface area (Å²) >= 11 is 0. The summed E-state index contributed by atoms with van der Waals surface area (Å²) < 4.78 is 4.53. The van der Waals surface area contributed by atoms with Gasteiger partial charge in [0.05, 0.1) is 16.7 Å². The van der Waals surface area contributed by atoms with E-state index in [9.17, 15) is 0 Å². The van der Waals surface area contributed by atoms with E-state index in [-0.39, 0.29) is 0 Å². The highest BCUT2D eigenvalue weighted by Crippen LogP contribution is 2.27. The molecule has 0 saturated carbocycles. The third-order valence-corrected chi connectivity index (χ3v) is 5.10. The fourth-order valence-electron chi connectivity index (χ4n) is 3.79. The number of para-hydroxylation sites is 2. The molecule has 5 rings (SSSR count). The zero-order valence-corrected chi connectivity index (χ0v) is 15.3. The van der Waals surface area contributed by atoms with Crippen LogP contribution in [-0.4, -0.2) is 14.0 Å². The minimum absolute atomic E-state index is 0.973. The summed E-state index contributed by atoms with van der Waals surface area (Å²) in [6.07, 6.45) is 3.24. The van der Waals surface area contributed by atoms with Gasteiger partial charge in [-0.2, -0.15) is 0 Å². The van der Waals surface area contributed by atoms with Crippen LogP contribution >= 0.6 is 0 Å². The molecule has 2 heterocycles. The van der Waals surface area contributed by atoms with E-state index < -0.39 is 0 Å². The van der Waals surface area contributed by atoms with Crippen molar-refractivity contribution < 1.29 is 0 Å². The van der Waals surface area contributed by atoms with Gasteiger partial charge in [-0.05, 0) is 29.7 Å². The molecule has 0 amide bonds. The molecule has 0 unspecified atom stereocenters. The number of aryl methyl sites for hydroxylation is 1. The first kappa shape index (κ1) is 15.9. The second kappa shape index (κ2) is 6.44. The van der Waals surface area contributed by atoms with Crippen LogP contribution in [0.15, 0.2) is 85.1 Å². The Kier molecular flexibility index (Phi) is 3.79. The SMILES string of the molecule is CCCn1c2ccccc2n2cc(-c3ccc(-c4ccccc4)cc3)nc12. The van der Waals surface area contributed by atoms with Crippen molar-refractivity contribution in [2.24, 2.45) is 0 Å². The normalized spacial score (nSPS) is 11.4. The number of aromatic nitrogens is 3. The second-order valence-corrected chi connectivity index (χ2v) is 6.88. The molecule has 0 fully saturated rings. The van der Waals surface area contributed by atoms with Crippen molar-refractivity contribution in [3.05, 3.63) is 85.1 Å². The van der Waals surface area contributed by atoms with Crippen LogP contribution in [0.4, 0.5) is 0 Å². The maximum absolute atomic E-state index is 4.97. The summed E-state index contributed by atoms with van der Waals surface area (Å²) in [5, 5.41) is 0. The number of nitrogens with zero attached hydrogens (tertiary/aromatic N) is 3. The number of rotatable bonds is 4. The number of fused-ring (bicyclic) bond motifs is 3. The van der Waals surface area contributed by atoms with Gasteiger partial charge in [0, 0.05) is 18.3 Å². The van der Waals surface area contributed by atoms with Gasteiger partial charge >= 0.3 is 0 Å². The van der Waals surface area contributed by atoms with Crippen LogP contribution < -0.4 is 0 Å². The molecule has 0 N–H and O–H groups in total. The maximum atomic E-state index is 4.97. The van der Waals surface area contributed by atoms with Gasteiger partial charge in [-0.3, -0.25) is 4.40 Å². The van der Waals surface area contributed by atoms with E-state index in [2.05, 4.69) is 94.9 Å². The van der Waals surface area contributed by atoms with Gasteiger partial charge in [-0.25, -0.2) is 4.98 Å².